The molecule has 1 aromatic heterocycles. The molecule has 134 valence electrons. The third kappa shape index (κ3) is 4.58. The van der Waals surface area contributed by atoms with Gasteiger partial charge in [-0.25, -0.2) is 4.98 Å². The van der Waals surface area contributed by atoms with Crippen molar-refractivity contribution in [3.8, 4) is 0 Å². The predicted molar refractivity (Wildman–Crippen MR) is 104 cm³/mol. The zero-order valence-electron chi connectivity index (χ0n) is 13.5. The summed E-state index contributed by atoms with van der Waals surface area (Å²) in [5.41, 5.74) is 0.324. The van der Waals surface area contributed by atoms with Gasteiger partial charge in [0.25, 0.3) is 5.56 Å². The quantitative estimate of drug-likeness (QED) is 0.349. The van der Waals surface area contributed by atoms with E-state index in [4.69, 9.17) is 27.9 Å². The van der Waals surface area contributed by atoms with Crippen LogP contribution in [0.25, 0.3) is 10.9 Å². The van der Waals surface area contributed by atoms with Crippen molar-refractivity contribution >= 4 is 51.8 Å². The Hall–Kier alpha value is -2.02. The van der Waals surface area contributed by atoms with E-state index in [1.807, 2.05) is 0 Å². The van der Waals surface area contributed by atoms with Gasteiger partial charge in [-0.2, -0.15) is 0 Å². The summed E-state index contributed by atoms with van der Waals surface area (Å²) in [6.07, 6.45) is 1.35. The lowest BCUT2D eigenvalue weighted by Gasteiger charge is -2.08. The second-order valence-corrected chi connectivity index (χ2v) is 7.32. The molecule has 0 aliphatic heterocycles. The van der Waals surface area contributed by atoms with Crippen LogP contribution in [0.15, 0.2) is 58.5 Å². The first-order chi connectivity index (χ1) is 12.5. The molecule has 0 saturated carbocycles. The number of halogens is 2. The Morgan fingerprint density at radius 2 is 2.00 bits per heavy atom. The van der Waals surface area contributed by atoms with Crippen molar-refractivity contribution < 1.29 is 9.53 Å². The Labute approximate surface area is 163 Å². The molecule has 8 heteroatoms. The number of ether oxygens (including phenoxy) is 1. The van der Waals surface area contributed by atoms with Crippen molar-refractivity contribution in [3.63, 3.8) is 0 Å². The van der Waals surface area contributed by atoms with Gasteiger partial charge in [0.2, 0.25) is 0 Å². The lowest BCUT2D eigenvalue weighted by atomic mass is 10.2. The molecule has 0 radical (unpaired) electrons. The minimum atomic E-state index is -0.498. The van der Waals surface area contributed by atoms with Crippen LogP contribution in [-0.2, 0) is 16.1 Å². The number of fused-ring (bicyclic) bond motifs is 1. The minimum absolute atomic E-state index is 0.181. The highest BCUT2D eigenvalue weighted by atomic mass is 35.5. The number of esters is 1. The minimum Gasteiger partial charge on any atom is -0.463 e. The van der Waals surface area contributed by atoms with Gasteiger partial charge in [-0.15, -0.1) is 11.8 Å². The van der Waals surface area contributed by atoms with E-state index in [0.29, 0.717) is 26.7 Å². The molecular formula is C18H14Cl2N2O3S. The molecule has 0 atom stereocenters. The second-order valence-electron chi connectivity index (χ2n) is 5.34. The fraction of sp³-hybridized carbons (Fsp3) is 0.167. The van der Waals surface area contributed by atoms with Crippen molar-refractivity contribution in [2.45, 2.75) is 11.4 Å². The van der Waals surface area contributed by atoms with Crippen LogP contribution in [0.3, 0.4) is 0 Å². The lowest BCUT2D eigenvalue weighted by molar-refractivity contribution is -0.143. The fourth-order valence-corrected chi connectivity index (χ4v) is 3.62. The molecule has 26 heavy (non-hydrogen) atoms. The number of carbonyl (C=O) groups is 1. The number of hydrogen-bond acceptors (Lipinski definition) is 5. The first-order valence-electron chi connectivity index (χ1n) is 7.72. The molecule has 0 aliphatic rings. The zero-order chi connectivity index (χ0) is 18.5. The average molecular weight is 409 g/mol. The molecule has 5 nitrogen and oxygen atoms in total. The Bertz CT molecular complexity index is 1010. The number of para-hydroxylation sites is 1. The van der Waals surface area contributed by atoms with E-state index in [1.54, 1.807) is 42.5 Å². The topological polar surface area (TPSA) is 61.2 Å². The van der Waals surface area contributed by atoms with Crippen LogP contribution >= 0.6 is 35.0 Å². The number of thioether (sulfide) groups is 1. The normalized spacial score (nSPS) is 10.8. The molecule has 0 unspecified atom stereocenters. The summed E-state index contributed by atoms with van der Waals surface area (Å²) in [5, 5.41) is 1.66. The van der Waals surface area contributed by atoms with E-state index >= 15 is 0 Å². The number of rotatable bonds is 6. The van der Waals surface area contributed by atoms with Crippen LogP contribution in [0.2, 0.25) is 10.0 Å². The maximum absolute atomic E-state index is 12.3. The molecule has 2 aromatic carbocycles. The second kappa shape index (κ2) is 8.58. The summed E-state index contributed by atoms with van der Waals surface area (Å²) < 4.78 is 6.42. The highest BCUT2D eigenvalue weighted by molar-refractivity contribution is 7.99. The highest BCUT2D eigenvalue weighted by Crippen LogP contribution is 2.29. The molecule has 3 rings (SSSR count). The van der Waals surface area contributed by atoms with Crippen LogP contribution in [0.1, 0.15) is 0 Å². The summed E-state index contributed by atoms with van der Waals surface area (Å²) in [4.78, 5) is 29.3. The van der Waals surface area contributed by atoms with Crippen LogP contribution in [0.5, 0.6) is 0 Å². The van der Waals surface area contributed by atoms with Crippen LogP contribution in [0, 0.1) is 0 Å². The van der Waals surface area contributed by atoms with Crippen molar-refractivity contribution in [2.24, 2.45) is 0 Å². The van der Waals surface area contributed by atoms with E-state index in [1.165, 1.54) is 22.7 Å². The van der Waals surface area contributed by atoms with Crippen LogP contribution < -0.4 is 5.56 Å². The summed E-state index contributed by atoms with van der Waals surface area (Å²) in [7, 11) is 0. The molecular weight excluding hydrogens is 395 g/mol. The Morgan fingerprint density at radius 3 is 2.85 bits per heavy atom. The standard InChI is InChI=1S/C18H14Cl2N2O3S/c19-12-5-6-14(20)16(9-12)26-8-7-25-17(23)10-22-11-21-15-4-2-1-3-13(15)18(22)24/h1-6,9,11H,7-8,10H2. The van der Waals surface area contributed by atoms with Crippen molar-refractivity contribution in [3.05, 3.63) is 69.2 Å². The fourth-order valence-electron chi connectivity index (χ4n) is 2.30. The van der Waals surface area contributed by atoms with Crippen molar-refractivity contribution in [2.75, 3.05) is 12.4 Å². The first-order valence-corrected chi connectivity index (χ1v) is 9.46. The van der Waals surface area contributed by atoms with Gasteiger partial charge >= 0.3 is 5.97 Å². The summed E-state index contributed by atoms with van der Waals surface area (Å²) >= 11 is 13.4. The van der Waals surface area contributed by atoms with Gasteiger partial charge in [-0.1, -0.05) is 35.3 Å². The third-order valence-corrected chi connectivity index (χ3v) is 5.22. The number of aromatic nitrogens is 2. The molecule has 0 aliphatic carbocycles. The smallest absolute Gasteiger partial charge is 0.326 e. The summed E-state index contributed by atoms with van der Waals surface area (Å²) in [6, 6.07) is 12.2. The Balaban J connectivity index is 1.54. The van der Waals surface area contributed by atoms with E-state index in [2.05, 4.69) is 4.98 Å². The van der Waals surface area contributed by atoms with Gasteiger partial charge in [-0.05, 0) is 30.3 Å². The number of hydrogen-bond donors (Lipinski definition) is 0. The summed E-state index contributed by atoms with van der Waals surface area (Å²) in [6.45, 7) is 0.0152. The molecule has 0 amide bonds. The first kappa shape index (κ1) is 18.8. The third-order valence-electron chi connectivity index (χ3n) is 3.53. The Kier molecular flexibility index (Phi) is 6.19. The van der Waals surface area contributed by atoms with Gasteiger partial charge in [0, 0.05) is 15.7 Å². The monoisotopic (exact) mass is 408 g/mol. The van der Waals surface area contributed by atoms with Gasteiger partial charge in [0.05, 0.1) is 22.3 Å². The molecule has 0 bridgehead atoms. The number of nitrogens with zero attached hydrogens (tertiary/aromatic N) is 2. The number of benzene rings is 2. The molecule has 3 aromatic rings. The molecule has 1 heterocycles. The maximum atomic E-state index is 12.3. The van der Waals surface area contributed by atoms with Crippen molar-refractivity contribution in [1.29, 1.82) is 0 Å². The van der Waals surface area contributed by atoms with E-state index in [0.717, 1.165) is 4.90 Å². The van der Waals surface area contributed by atoms with Gasteiger partial charge in [-0.3, -0.25) is 14.2 Å². The number of carbonyl (C=O) groups excluding carboxylic acids is 1. The molecule has 0 N–H and O–H groups in total. The van der Waals surface area contributed by atoms with E-state index in [9.17, 15) is 9.59 Å². The van der Waals surface area contributed by atoms with Gasteiger partial charge in [0.1, 0.15) is 13.2 Å². The summed E-state index contributed by atoms with van der Waals surface area (Å²) in [5.74, 6) is 0.0263. The van der Waals surface area contributed by atoms with E-state index in [-0.39, 0.29) is 18.7 Å². The molecule has 0 saturated heterocycles. The Morgan fingerprint density at radius 1 is 1.19 bits per heavy atom. The predicted octanol–water partition coefficient (Wildman–Crippen LogP) is 4.04. The largest absolute Gasteiger partial charge is 0.463 e. The van der Waals surface area contributed by atoms with Gasteiger partial charge < -0.3 is 4.74 Å². The maximum Gasteiger partial charge on any atom is 0.326 e. The average Bonchev–Trinajstić information content (AvgIpc) is 2.64. The van der Waals surface area contributed by atoms with E-state index < -0.39 is 5.97 Å². The molecule has 0 fully saturated rings. The lowest BCUT2D eigenvalue weighted by Crippen LogP contribution is -2.26. The molecule has 0 spiro atoms. The van der Waals surface area contributed by atoms with Gasteiger partial charge in [0.15, 0.2) is 0 Å². The van der Waals surface area contributed by atoms with Crippen LogP contribution in [0.4, 0.5) is 0 Å². The zero-order valence-corrected chi connectivity index (χ0v) is 15.9. The SMILES string of the molecule is O=C(Cn1cnc2ccccc2c1=O)OCCSc1cc(Cl)ccc1Cl. The highest BCUT2D eigenvalue weighted by Gasteiger charge is 2.09. The van der Waals surface area contributed by atoms with Crippen molar-refractivity contribution in [1.82, 2.24) is 9.55 Å². The van der Waals surface area contributed by atoms with Crippen LogP contribution in [-0.4, -0.2) is 27.9 Å².